The summed E-state index contributed by atoms with van der Waals surface area (Å²) in [7, 11) is 0. The van der Waals surface area contributed by atoms with Crippen LogP contribution in [0.2, 0.25) is 0 Å². The SMILES string of the molecule is N#CC1(NC(=O)CSc2cccc(N)c2)CCCC1. The summed E-state index contributed by atoms with van der Waals surface area (Å²) in [5.41, 5.74) is 5.74. The van der Waals surface area contributed by atoms with Crippen LogP contribution in [0, 0.1) is 11.3 Å². The number of carbonyl (C=O) groups is 1. The van der Waals surface area contributed by atoms with E-state index in [1.165, 1.54) is 11.8 Å². The van der Waals surface area contributed by atoms with Crippen LogP contribution in [0.25, 0.3) is 0 Å². The molecule has 0 aliphatic heterocycles. The molecule has 1 fully saturated rings. The first-order chi connectivity index (χ1) is 9.13. The molecule has 0 atom stereocenters. The van der Waals surface area contributed by atoms with Gasteiger partial charge in [-0.3, -0.25) is 4.79 Å². The highest BCUT2D eigenvalue weighted by Crippen LogP contribution is 2.29. The second-order valence-electron chi connectivity index (χ2n) is 4.81. The standard InChI is InChI=1S/C14H17N3OS/c15-10-14(6-1-2-7-14)17-13(18)9-19-12-5-3-4-11(16)8-12/h3-5,8H,1-2,6-7,9,16H2,(H,17,18). The first kappa shape index (κ1) is 13.8. The molecule has 1 aromatic rings. The molecule has 0 saturated heterocycles. The minimum absolute atomic E-state index is 0.0872. The van der Waals surface area contributed by atoms with Crippen molar-refractivity contribution in [3.63, 3.8) is 0 Å². The van der Waals surface area contributed by atoms with Crippen molar-refractivity contribution in [2.75, 3.05) is 11.5 Å². The molecule has 1 aromatic carbocycles. The normalized spacial score (nSPS) is 16.8. The molecule has 0 heterocycles. The lowest BCUT2D eigenvalue weighted by molar-refractivity contribution is -0.119. The largest absolute Gasteiger partial charge is 0.399 e. The molecule has 0 radical (unpaired) electrons. The van der Waals surface area contributed by atoms with Gasteiger partial charge in [-0.05, 0) is 43.9 Å². The fraction of sp³-hybridized carbons (Fsp3) is 0.429. The summed E-state index contributed by atoms with van der Waals surface area (Å²) in [5.74, 6) is 0.225. The number of hydrogen-bond acceptors (Lipinski definition) is 4. The van der Waals surface area contributed by atoms with Gasteiger partial charge in [0.1, 0.15) is 5.54 Å². The van der Waals surface area contributed by atoms with Crippen LogP contribution in [0.1, 0.15) is 25.7 Å². The minimum Gasteiger partial charge on any atom is -0.399 e. The molecule has 100 valence electrons. The first-order valence-corrected chi connectivity index (χ1v) is 7.33. The molecule has 0 unspecified atom stereocenters. The summed E-state index contributed by atoms with van der Waals surface area (Å²) in [4.78, 5) is 12.9. The van der Waals surface area contributed by atoms with Gasteiger partial charge in [0.2, 0.25) is 5.91 Å². The van der Waals surface area contributed by atoms with Crippen LogP contribution < -0.4 is 11.1 Å². The molecule has 2 rings (SSSR count). The van der Waals surface area contributed by atoms with E-state index < -0.39 is 5.54 Å². The summed E-state index contributed by atoms with van der Waals surface area (Å²) >= 11 is 1.43. The Morgan fingerprint density at radius 1 is 1.47 bits per heavy atom. The maximum Gasteiger partial charge on any atom is 0.231 e. The van der Waals surface area contributed by atoms with E-state index in [2.05, 4.69) is 11.4 Å². The topological polar surface area (TPSA) is 78.9 Å². The van der Waals surface area contributed by atoms with Crippen molar-refractivity contribution < 1.29 is 4.79 Å². The fourth-order valence-electron chi connectivity index (χ4n) is 2.30. The zero-order valence-electron chi connectivity index (χ0n) is 10.7. The van der Waals surface area contributed by atoms with Gasteiger partial charge >= 0.3 is 0 Å². The van der Waals surface area contributed by atoms with Crippen LogP contribution in [0.15, 0.2) is 29.2 Å². The van der Waals surface area contributed by atoms with Crippen molar-refractivity contribution in [3.05, 3.63) is 24.3 Å². The molecular weight excluding hydrogens is 258 g/mol. The second-order valence-corrected chi connectivity index (χ2v) is 5.86. The Morgan fingerprint density at radius 2 is 2.21 bits per heavy atom. The number of hydrogen-bond donors (Lipinski definition) is 2. The monoisotopic (exact) mass is 275 g/mol. The van der Waals surface area contributed by atoms with Crippen LogP contribution in [0.3, 0.4) is 0 Å². The van der Waals surface area contributed by atoms with E-state index in [1.54, 1.807) is 0 Å². The van der Waals surface area contributed by atoms with Crippen LogP contribution in [0.4, 0.5) is 5.69 Å². The molecule has 0 bridgehead atoms. The van der Waals surface area contributed by atoms with Gasteiger partial charge in [0.05, 0.1) is 11.8 Å². The van der Waals surface area contributed by atoms with Crippen LogP contribution in [0.5, 0.6) is 0 Å². The number of nitriles is 1. The Morgan fingerprint density at radius 3 is 2.84 bits per heavy atom. The van der Waals surface area contributed by atoms with E-state index in [0.717, 1.165) is 30.6 Å². The lowest BCUT2D eigenvalue weighted by Crippen LogP contribution is -2.45. The molecule has 0 spiro atoms. The molecule has 3 N–H and O–H groups in total. The number of nitrogens with two attached hydrogens (primary N) is 1. The highest BCUT2D eigenvalue weighted by molar-refractivity contribution is 8.00. The molecular formula is C14H17N3OS. The highest BCUT2D eigenvalue weighted by Gasteiger charge is 2.35. The summed E-state index contributed by atoms with van der Waals surface area (Å²) in [6, 6.07) is 9.69. The predicted molar refractivity (Wildman–Crippen MR) is 76.5 cm³/mol. The molecule has 1 aliphatic carbocycles. The van der Waals surface area contributed by atoms with Gasteiger partial charge in [-0.15, -0.1) is 11.8 Å². The van der Waals surface area contributed by atoms with Crippen LogP contribution in [-0.4, -0.2) is 17.2 Å². The van der Waals surface area contributed by atoms with E-state index in [0.29, 0.717) is 11.4 Å². The maximum atomic E-state index is 11.9. The van der Waals surface area contributed by atoms with Gasteiger partial charge in [0.15, 0.2) is 0 Å². The van der Waals surface area contributed by atoms with E-state index in [-0.39, 0.29) is 5.91 Å². The van der Waals surface area contributed by atoms with Crippen molar-refractivity contribution in [2.24, 2.45) is 0 Å². The van der Waals surface area contributed by atoms with Crippen LogP contribution in [-0.2, 0) is 4.79 Å². The van der Waals surface area contributed by atoms with Gasteiger partial charge in [-0.25, -0.2) is 0 Å². The number of carbonyl (C=O) groups excluding carboxylic acids is 1. The van der Waals surface area contributed by atoms with Crippen LogP contribution >= 0.6 is 11.8 Å². The number of thioether (sulfide) groups is 1. The third-order valence-corrected chi connectivity index (χ3v) is 4.27. The lowest BCUT2D eigenvalue weighted by Gasteiger charge is -2.21. The summed E-state index contributed by atoms with van der Waals surface area (Å²) in [6.07, 6.45) is 3.54. The van der Waals surface area contributed by atoms with E-state index in [9.17, 15) is 10.1 Å². The fourth-order valence-corrected chi connectivity index (χ4v) is 3.06. The summed E-state index contributed by atoms with van der Waals surface area (Å²) < 4.78 is 0. The number of rotatable bonds is 4. The van der Waals surface area contributed by atoms with Crippen molar-refractivity contribution in [2.45, 2.75) is 36.1 Å². The highest BCUT2D eigenvalue weighted by atomic mass is 32.2. The number of benzene rings is 1. The number of nitrogens with zero attached hydrogens (tertiary/aromatic N) is 1. The molecule has 0 aromatic heterocycles. The van der Waals surface area contributed by atoms with Crippen molar-refractivity contribution >= 4 is 23.4 Å². The van der Waals surface area contributed by atoms with Gasteiger partial charge in [-0.1, -0.05) is 6.07 Å². The molecule has 19 heavy (non-hydrogen) atoms. The Balaban J connectivity index is 1.87. The third kappa shape index (κ3) is 3.65. The number of anilines is 1. The van der Waals surface area contributed by atoms with Crippen molar-refractivity contribution in [3.8, 4) is 6.07 Å². The average molecular weight is 275 g/mol. The second kappa shape index (κ2) is 5.98. The smallest absolute Gasteiger partial charge is 0.231 e. The van der Waals surface area contributed by atoms with Gasteiger partial charge < -0.3 is 11.1 Å². The van der Waals surface area contributed by atoms with E-state index in [4.69, 9.17) is 5.73 Å². The predicted octanol–water partition coefficient (Wildman–Crippen LogP) is 2.31. The maximum absolute atomic E-state index is 11.9. The number of nitrogen functional groups attached to an aromatic ring is 1. The molecule has 1 amide bonds. The lowest BCUT2D eigenvalue weighted by atomic mass is 10.0. The zero-order valence-corrected chi connectivity index (χ0v) is 11.5. The minimum atomic E-state index is -0.632. The Labute approximate surface area is 117 Å². The van der Waals surface area contributed by atoms with Crippen molar-refractivity contribution in [1.82, 2.24) is 5.32 Å². The first-order valence-electron chi connectivity index (χ1n) is 6.34. The molecule has 1 aliphatic rings. The summed E-state index contributed by atoms with van der Waals surface area (Å²) in [6.45, 7) is 0. The summed E-state index contributed by atoms with van der Waals surface area (Å²) in [5, 5.41) is 12.1. The molecule has 4 nitrogen and oxygen atoms in total. The Kier molecular flexibility index (Phi) is 4.33. The quantitative estimate of drug-likeness (QED) is 0.653. The Bertz CT molecular complexity index is 504. The third-order valence-electron chi connectivity index (χ3n) is 3.28. The van der Waals surface area contributed by atoms with Gasteiger partial charge in [0, 0.05) is 10.6 Å². The molecule has 5 heteroatoms. The molecule has 1 saturated carbocycles. The van der Waals surface area contributed by atoms with Gasteiger partial charge in [0.25, 0.3) is 0 Å². The van der Waals surface area contributed by atoms with Crippen molar-refractivity contribution in [1.29, 1.82) is 5.26 Å². The Hall–Kier alpha value is -1.67. The number of amides is 1. The zero-order chi connectivity index (χ0) is 13.7. The van der Waals surface area contributed by atoms with E-state index >= 15 is 0 Å². The average Bonchev–Trinajstić information content (AvgIpc) is 2.86. The number of nitrogens with one attached hydrogen (secondary N) is 1. The van der Waals surface area contributed by atoms with E-state index in [1.807, 2.05) is 24.3 Å². The van der Waals surface area contributed by atoms with Gasteiger partial charge in [-0.2, -0.15) is 5.26 Å².